The molecule has 2 N–H and O–H groups in total. The van der Waals surface area contributed by atoms with E-state index in [0.29, 0.717) is 12.1 Å². The van der Waals surface area contributed by atoms with Crippen LogP contribution in [0.2, 0.25) is 0 Å². The highest BCUT2D eigenvalue weighted by molar-refractivity contribution is 6.06. The predicted octanol–water partition coefficient (Wildman–Crippen LogP) is 4.02. The number of hydrogen-bond donors (Lipinski definition) is 2. The van der Waals surface area contributed by atoms with Gasteiger partial charge in [-0.25, -0.2) is 0 Å². The highest BCUT2D eigenvalue weighted by atomic mass is 16.3. The number of carbonyl (C=O) groups excluding carboxylic acids is 1. The molecule has 0 fully saturated rings. The van der Waals surface area contributed by atoms with Crippen LogP contribution < -0.4 is 0 Å². The number of benzene rings is 2. The first-order valence-corrected chi connectivity index (χ1v) is 8.80. The maximum absolute atomic E-state index is 13.0. The van der Waals surface area contributed by atoms with Gasteiger partial charge in [-0.1, -0.05) is 30.3 Å². The number of hydrogen-bond acceptors (Lipinski definition) is 2. The molecule has 0 saturated carbocycles. The van der Waals surface area contributed by atoms with Gasteiger partial charge in [-0.2, -0.15) is 0 Å². The molecule has 0 radical (unpaired) electrons. The minimum atomic E-state index is -0.0348. The molecule has 0 atom stereocenters. The second kappa shape index (κ2) is 6.28. The second-order valence-electron chi connectivity index (χ2n) is 6.81. The summed E-state index contributed by atoms with van der Waals surface area (Å²) in [6.07, 6.45) is 4.56. The summed E-state index contributed by atoms with van der Waals surface area (Å²) in [6.45, 7) is 0.377. The summed E-state index contributed by atoms with van der Waals surface area (Å²) in [4.78, 5) is 18.2. The number of aromatic nitrogens is 1. The van der Waals surface area contributed by atoms with Gasteiger partial charge in [0.15, 0.2) is 0 Å². The topological polar surface area (TPSA) is 56.3 Å². The minimum absolute atomic E-state index is 0.0348. The van der Waals surface area contributed by atoms with Crippen molar-refractivity contribution in [3.05, 3.63) is 64.8 Å². The van der Waals surface area contributed by atoms with E-state index in [1.54, 1.807) is 24.1 Å². The van der Waals surface area contributed by atoms with Crippen LogP contribution in [0.5, 0.6) is 5.75 Å². The maximum Gasteiger partial charge on any atom is 0.256 e. The Morgan fingerprint density at radius 3 is 2.76 bits per heavy atom. The van der Waals surface area contributed by atoms with E-state index >= 15 is 0 Å². The summed E-state index contributed by atoms with van der Waals surface area (Å²) in [6, 6.07) is 13.1. The van der Waals surface area contributed by atoms with E-state index in [2.05, 4.69) is 11.1 Å². The fraction of sp³-hybridized carbons (Fsp3) is 0.286. The molecule has 0 saturated heterocycles. The van der Waals surface area contributed by atoms with Crippen molar-refractivity contribution in [3.8, 4) is 5.75 Å². The van der Waals surface area contributed by atoms with Gasteiger partial charge in [0.2, 0.25) is 0 Å². The van der Waals surface area contributed by atoms with Crippen molar-refractivity contribution < 1.29 is 9.90 Å². The highest BCUT2D eigenvalue weighted by Gasteiger charge is 2.21. The summed E-state index contributed by atoms with van der Waals surface area (Å²) < 4.78 is 0. The lowest BCUT2D eigenvalue weighted by atomic mass is 9.95. The molecule has 2 aromatic carbocycles. The van der Waals surface area contributed by atoms with E-state index in [4.69, 9.17) is 0 Å². The number of H-pyrrole nitrogens is 1. The largest absolute Gasteiger partial charge is 0.508 e. The molecular formula is C21H22N2O2. The zero-order valence-electron chi connectivity index (χ0n) is 14.4. The summed E-state index contributed by atoms with van der Waals surface area (Å²) in [5, 5.41) is 11.1. The first kappa shape index (κ1) is 15.8. The molecule has 0 bridgehead atoms. The highest BCUT2D eigenvalue weighted by Crippen LogP contribution is 2.31. The predicted molar refractivity (Wildman–Crippen MR) is 98.8 cm³/mol. The van der Waals surface area contributed by atoms with Crippen LogP contribution in [0.1, 0.15) is 40.0 Å². The molecule has 0 aliphatic heterocycles. The van der Waals surface area contributed by atoms with Gasteiger partial charge in [0.05, 0.1) is 11.1 Å². The van der Waals surface area contributed by atoms with Crippen molar-refractivity contribution in [3.63, 3.8) is 0 Å². The Labute approximate surface area is 147 Å². The zero-order valence-corrected chi connectivity index (χ0v) is 14.4. The van der Waals surface area contributed by atoms with Gasteiger partial charge in [0.25, 0.3) is 5.91 Å². The Kier molecular flexibility index (Phi) is 3.96. The van der Waals surface area contributed by atoms with Gasteiger partial charge in [-0.05, 0) is 43.4 Å². The molecule has 1 aliphatic carbocycles. The van der Waals surface area contributed by atoms with Crippen molar-refractivity contribution in [1.82, 2.24) is 9.88 Å². The molecule has 0 spiro atoms. The molecule has 4 heteroatoms. The number of carbonyl (C=O) groups is 1. The van der Waals surface area contributed by atoms with Crippen LogP contribution in [0, 0.1) is 0 Å². The first-order valence-electron chi connectivity index (χ1n) is 8.80. The van der Waals surface area contributed by atoms with Gasteiger partial charge in [-0.15, -0.1) is 0 Å². The Bertz CT molecular complexity index is 942. The van der Waals surface area contributed by atoms with E-state index in [1.807, 2.05) is 24.3 Å². The molecule has 1 heterocycles. The summed E-state index contributed by atoms with van der Waals surface area (Å²) >= 11 is 0. The molecule has 4 rings (SSSR count). The van der Waals surface area contributed by atoms with Crippen molar-refractivity contribution in [2.45, 2.75) is 32.2 Å². The van der Waals surface area contributed by atoms with Gasteiger partial charge in [0.1, 0.15) is 5.75 Å². The Balaban J connectivity index is 1.68. The summed E-state index contributed by atoms with van der Waals surface area (Å²) in [7, 11) is 1.77. The average molecular weight is 334 g/mol. The Hall–Kier alpha value is -2.75. The smallest absolute Gasteiger partial charge is 0.256 e. The molecular weight excluding hydrogens is 312 g/mol. The number of fused-ring (bicyclic) bond motifs is 3. The van der Waals surface area contributed by atoms with Crippen molar-refractivity contribution in [2.75, 3.05) is 7.05 Å². The van der Waals surface area contributed by atoms with E-state index < -0.39 is 0 Å². The average Bonchev–Trinajstić information content (AvgIpc) is 3.01. The standard InChI is InChI=1S/C21H22N2O2/c1-23(13-14-7-2-5-12-19(14)24)21(25)17-10-6-9-16-15-8-3-4-11-18(15)22-20(16)17/h2,5-7,9-10,12,22,24H,3-4,8,11,13H2,1H3. The lowest BCUT2D eigenvalue weighted by Gasteiger charge is -2.18. The quantitative estimate of drug-likeness (QED) is 0.760. The molecule has 1 aliphatic rings. The molecule has 128 valence electrons. The van der Waals surface area contributed by atoms with Crippen molar-refractivity contribution >= 4 is 16.8 Å². The lowest BCUT2D eigenvalue weighted by Crippen LogP contribution is -2.26. The maximum atomic E-state index is 13.0. The summed E-state index contributed by atoms with van der Waals surface area (Å²) in [5.74, 6) is 0.183. The van der Waals surface area contributed by atoms with Crippen molar-refractivity contribution in [1.29, 1.82) is 0 Å². The van der Waals surface area contributed by atoms with Gasteiger partial charge >= 0.3 is 0 Å². The van der Waals surface area contributed by atoms with Crippen LogP contribution in [0.15, 0.2) is 42.5 Å². The number of aryl methyl sites for hydroxylation is 2. The lowest BCUT2D eigenvalue weighted by molar-refractivity contribution is 0.0786. The normalized spacial score (nSPS) is 13.6. The Morgan fingerprint density at radius 1 is 1.12 bits per heavy atom. The molecule has 3 aromatic rings. The number of nitrogens with zero attached hydrogens (tertiary/aromatic N) is 1. The van der Waals surface area contributed by atoms with Crippen LogP contribution in [0.3, 0.4) is 0 Å². The van der Waals surface area contributed by atoms with E-state index in [0.717, 1.165) is 23.9 Å². The third kappa shape index (κ3) is 2.78. The second-order valence-corrected chi connectivity index (χ2v) is 6.81. The third-order valence-corrected chi connectivity index (χ3v) is 5.11. The first-order chi connectivity index (χ1) is 12.1. The van der Waals surface area contributed by atoms with Crippen LogP contribution in [-0.4, -0.2) is 27.9 Å². The number of aromatic hydroxyl groups is 1. The number of para-hydroxylation sites is 2. The SMILES string of the molecule is CN(Cc1ccccc1O)C(=O)c1cccc2c3c([nH]c12)CCCC3. The number of amides is 1. The number of rotatable bonds is 3. The van der Waals surface area contributed by atoms with E-state index in [-0.39, 0.29) is 11.7 Å². The van der Waals surface area contributed by atoms with Crippen LogP contribution in [0.25, 0.3) is 10.9 Å². The van der Waals surface area contributed by atoms with E-state index in [9.17, 15) is 9.90 Å². The summed E-state index contributed by atoms with van der Waals surface area (Å²) in [5.41, 5.74) is 5.05. The fourth-order valence-corrected chi connectivity index (χ4v) is 3.79. The van der Waals surface area contributed by atoms with E-state index in [1.165, 1.54) is 29.5 Å². The molecule has 0 unspecified atom stereocenters. The minimum Gasteiger partial charge on any atom is -0.508 e. The number of phenolic OH excluding ortho intramolecular Hbond substituents is 1. The van der Waals surface area contributed by atoms with Crippen molar-refractivity contribution in [2.24, 2.45) is 0 Å². The monoisotopic (exact) mass is 334 g/mol. The number of aromatic amines is 1. The van der Waals surface area contributed by atoms with Gasteiger partial charge in [-0.3, -0.25) is 4.79 Å². The number of nitrogens with one attached hydrogen (secondary N) is 1. The van der Waals surface area contributed by atoms with Gasteiger partial charge in [0, 0.05) is 30.2 Å². The van der Waals surface area contributed by atoms with Crippen LogP contribution >= 0.6 is 0 Å². The third-order valence-electron chi connectivity index (χ3n) is 5.11. The van der Waals surface area contributed by atoms with Crippen LogP contribution in [0.4, 0.5) is 0 Å². The molecule has 1 amide bonds. The number of phenols is 1. The van der Waals surface area contributed by atoms with Crippen LogP contribution in [-0.2, 0) is 19.4 Å². The molecule has 25 heavy (non-hydrogen) atoms. The zero-order chi connectivity index (χ0) is 17.4. The molecule has 1 aromatic heterocycles. The Morgan fingerprint density at radius 2 is 1.92 bits per heavy atom. The van der Waals surface area contributed by atoms with Gasteiger partial charge < -0.3 is 15.0 Å². The molecule has 4 nitrogen and oxygen atoms in total. The fourth-order valence-electron chi connectivity index (χ4n) is 3.79.